The summed E-state index contributed by atoms with van der Waals surface area (Å²) < 4.78 is 19.0. The fraction of sp³-hybridized carbons (Fsp3) is 0.250. The number of hydrogen-bond acceptors (Lipinski definition) is 4. The molecule has 0 N–H and O–H groups in total. The van der Waals surface area contributed by atoms with Gasteiger partial charge in [-0.3, -0.25) is 10.1 Å². The number of nitro groups is 1. The number of methoxy groups -OCH3 is 1. The molecule has 0 fully saturated rings. The quantitative estimate of drug-likeness (QED) is 0.629. The number of benzene rings is 1. The van der Waals surface area contributed by atoms with Crippen LogP contribution in [0.2, 0.25) is 5.15 Å². The van der Waals surface area contributed by atoms with Gasteiger partial charge in [-0.05, 0) is 17.7 Å². The van der Waals surface area contributed by atoms with Crippen molar-refractivity contribution in [2.75, 3.05) is 7.11 Å². The number of ether oxygens (including phenoxy) is 1. The molecular formula is C12H11ClFN3O3. The minimum atomic E-state index is -0.592. The van der Waals surface area contributed by atoms with Crippen molar-refractivity contribution in [2.24, 2.45) is 0 Å². The Bertz CT molecular complexity index is 628. The Balaban J connectivity index is 2.34. The maximum Gasteiger partial charge on any atom is 0.331 e. The lowest BCUT2D eigenvalue weighted by Gasteiger charge is -2.02. The Hall–Kier alpha value is -1.99. The van der Waals surface area contributed by atoms with Crippen LogP contribution in [-0.2, 0) is 17.9 Å². The minimum absolute atomic E-state index is 0.00749. The smallest absolute Gasteiger partial charge is 0.331 e. The van der Waals surface area contributed by atoms with Gasteiger partial charge in [0.1, 0.15) is 5.82 Å². The van der Waals surface area contributed by atoms with Crippen molar-refractivity contribution < 1.29 is 14.1 Å². The number of halogens is 2. The first-order valence-electron chi connectivity index (χ1n) is 5.66. The summed E-state index contributed by atoms with van der Waals surface area (Å²) in [7, 11) is 1.41. The molecule has 0 aliphatic carbocycles. The van der Waals surface area contributed by atoms with Gasteiger partial charge in [0.2, 0.25) is 5.15 Å². The maximum absolute atomic E-state index is 12.8. The molecule has 8 heteroatoms. The molecule has 0 saturated heterocycles. The summed E-state index contributed by atoms with van der Waals surface area (Å²) in [4.78, 5) is 10.4. The normalized spacial score (nSPS) is 10.8. The average Bonchev–Trinajstić information content (AvgIpc) is 2.69. The lowest BCUT2D eigenvalue weighted by Crippen LogP contribution is -2.02. The van der Waals surface area contributed by atoms with Crippen LogP contribution in [0.25, 0.3) is 0 Å². The SMILES string of the molecule is COCc1nn(Cc2ccc(F)cc2)c(Cl)c1[N+](=O)[O-]. The van der Waals surface area contributed by atoms with Gasteiger partial charge in [-0.2, -0.15) is 5.10 Å². The second-order valence-corrected chi connectivity index (χ2v) is 4.42. The molecule has 0 spiro atoms. The van der Waals surface area contributed by atoms with Gasteiger partial charge in [0, 0.05) is 7.11 Å². The van der Waals surface area contributed by atoms with Crippen molar-refractivity contribution in [3.8, 4) is 0 Å². The molecule has 1 aromatic carbocycles. The molecule has 2 rings (SSSR count). The van der Waals surface area contributed by atoms with Gasteiger partial charge in [-0.1, -0.05) is 23.7 Å². The number of hydrogen-bond donors (Lipinski definition) is 0. The summed E-state index contributed by atoms with van der Waals surface area (Å²) in [6.45, 7) is 0.204. The fourth-order valence-corrected chi connectivity index (χ4v) is 2.04. The third kappa shape index (κ3) is 2.94. The molecule has 0 atom stereocenters. The van der Waals surface area contributed by atoms with Crippen molar-refractivity contribution in [3.63, 3.8) is 0 Å². The van der Waals surface area contributed by atoms with Crippen molar-refractivity contribution >= 4 is 17.3 Å². The zero-order valence-electron chi connectivity index (χ0n) is 10.5. The molecule has 0 amide bonds. The molecule has 0 aliphatic heterocycles. The minimum Gasteiger partial charge on any atom is -0.378 e. The Morgan fingerprint density at radius 2 is 2.10 bits per heavy atom. The highest BCUT2D eigenvalue weighted by molar-refractivity contribution is 6.31. The second-order valence-electron chi connectivity index (χ2n) is 4.06. The molecule has 0 aliphatic rings. The Kier molecular flexibility index (Phi) is 4.31. The molecule has 0 unspecified atom stereocenters. The molecule has 1 aromatic heterocycles. The van der Waals surface area contributed by atoms with E-state index < -0.39 is 4.92 Å². The fourth-order valence-electron chi connectivity index (χ4n) is 1.76. The maximum atomic E-state index is 12.8. The first kappa shape index (κ1) is 14.4. The van der Waals surface area contributed by atoms with Crippen LogP contribution in [0.4, 0.5) is 10.1 Å². The lowest BCUT2D eigenvalue weighted by molar-refractivity contribution is -0.385. The van der Waals surface area contributed by atoms with E-state index in [1.807, 2.05) is 0 Å². The number of rotatable bonds is 5. The summed E-state index contributed by atoms with van der Waals surface area (Å²) in [5.74, 6) is -0.355. The first-order chi connectivity index (χ1) is 9.52. The molecule has 106 valence electrons. The van der Waals surface area contributed by atoms with Gasteiger partial charge < -0.3 is 4.74 Å². The highest BCUT2D eigenvalue weighted by atomic mass is 35.5. The zero-order valence-corrected chi connectivity index (χ0v) is 11.3. The van der Waals surface area contributed by atoms with Crippen LogP contribution in [0, 0.1) is 15.9 Å². The van der Waals surface area contributed by atoms with Crippen molar-refractivity contribution in [2.45, 2.75) is 13.2 Å². The van der Waals surface area contributed by atoms with E-state index in [2.05, 4.69) is 5.10 Å². The summed E-state index contributed by atoms with van der Waals surface area (Å²) >= 11 is 5.97. The van der Waals surface area contributed by atoms with Crippen LogP contribution in [0.15, 0.2) is 24.3 Å². The van der Waals surface area contributed by atoms with Gasteiger partial charge in [0.05, 0.1) is 18.1 Å². The van der Waals surface area contributed by atoms with E-state index in [9.17, 15) is 14.5 Å². The van der Waals surface area contributed by atoms with Crippen LogP contribution in [-0.4, -0.2) is 21.8 Å². The molecular weight excluding hydrogens is 289 g/mol. The third-order valence-electron chi connectivity index (χ3n) is 2.65. The molecule has 0 bridgehead atoms. The van der Waals surface area contributed by atoms with E-state index >= 15 is 0 Å². The van der Waals surface area contributed by atoms with E-state index in [1.165, 1.54) is 23.9 Å². The number of nitrogens with zero attached hydrogens (tertiary/aromatic N) is 3. The van der Waals surface area contributed by atoms with Crippen molar-refractivity contribution in [1.82, 2.24) is 9.78 Å². The van der Waals surface area contributed by atoms with Gasteiger partial charge in [-0.25, -0.2) is 9.07 Å². The molecule has 0 radical (unpaired) electrons. The highest BCUT2D eigenvalue weighted by Crippen LogP contribution is 2.29. The molecule has 1 heterocycles. The predicted molar refractivity (Wildman–Crippen MR) is 70.1 cm³/mol. The summed E-state index contributed by atoms with van der Waals surface area (Å²) in [6.07, 6.45) is 0. The summed E-state index contributed by atoms with van der Waals surface area (Å²) in [5, 5.41) is 15.0. The van der Waals surface area contributed by atoms with Gasteiger partial charge in [0.15, 0.2) is 5.69 Å². The second kappa shape index (κ2) is 5.98. The van der Waals surface area contributed by atoms with E-state index in [0.717, 1.165) is 5.56 Å². The van der Waals surface area contributed by atoms with E-state index in [4.69, 9.17) is 16.3 Å². The van der Waals surface area contributed by atoms with Crippen LogP contribution in [0.3, 0.4) is 0 Å². The summed E-state index contributed by atoms with van der Waals surface area (Å²) in [6, 6.07) is 5.73. The molecule has 20 heavy (non-hydrogen) atoms. The largest absolute Gasteiger partial charge is 0.378 e. The predicted octanol–water partition coefficient (Wildman–Crippen LogP) is 2.78. The van der Waals surface area contributed by atoms with Crippen LogP contribution in [0.5, 0.6) is 0 Å². The Labute approximate surface area is 118 Å². The average molecular weight is 300 g/mol. The van der Waals surface area contributed by atoms with Crippen LogP contribution < -0.4 is 0 Å². The molecule has 0 saturated carbocycles. The molecule has 2 aromatic rings. The summed E-state index contributed by atoms with van der Waals surface area (Å²) in [5.41, 5.74) is 0.620. The highest BCUT2D eigenvalue weighted by Gasteiger charge is 2.26. The first-order valence-corrected chi connectivity index (χ1v) is 6.03. The van der Waals surface area contributed by atoms with Crippen molar-refractivity contribution in [3.05, 3.63) is 56.6 Å². The topological polar surface area (TPSA) is 70.2 Å². The monoisotopic (exact) mass is 299 g/mol. The van der Waals surface area contributed by atoms with Crippen LogP contribution in [0.1, 0.15) is 11.3 Å². The van der Waals surface area contributed by atoms with Gasteiger partial charge in [-0.15, -0.1) is 0 Å². The van der Waals surface area contributed by atoms with E-state index in [0.29, 0.717) is 0 Å². The zero-order chi connectivity index (χ0) is 14.7. The van der Waals surface area contributed by atoms with E-state index in [1.54, 1.807) is 12.1 Å². The van der Waals surface area contributed by atoms with Crippen molar-refractivity contribution in [1.29, 1.82) is 0 Å². The van der Waals surface area contributed by atoms with Gasteiger partial charge in [0.25, 0.3) is 0 Å². The number of aromatic nitrogens is 2. The van der Waals surface area contributed by atoms with Crippen LogP contribution >= 0.6 is 11.6 Å². The van der Waals surface area contributed by atoms with E-state index in [-0.39, 0.29) is 35.5 Å². The van der Waals surface area contributed by atoms with Gasteiger partial charge >= 0.3 is 5.69 Å². The Morgan fingerprint density at radius 3 is 2.65 bits per heavy atom. The lowest BCUT2D eigenvalue weighted by atomic mass is 10.2. The Morgan fingerprint density at radius 1 is 1.45 bits per heavy atom. The third-order valence-corrected chi connectivity index (χ3v) is 3.02. The standard InChI is InChI=1S/C12H11ClFN3O3/c1-20-7-10-11(17(18)19)12(13)16(15-10)6-8-2-4-9(14)5-3-8/h2-5H,6-7H2,1H3. The molecule has 6 nitrogen and oxygen atoms in total.